The van der Waals surface area contributed by atoms with Gasteiger partial charge in [0.25, 0.3) is 5.56 Å². The van der Waals surface area contributed by atoms with Gasteiger partial charge in [0.2, 0.25) is 0 Å². The lowest BCUT2D eigenvalue weighted by Crippen LogP contribution is -2.40. The molecule has 2 atom stereocenters. The number of nitrogens with one attached hydrogen (secondary N) is 1. The number of anilines is 1. The fourth-order valence-corrected chi connectivity index (χ4v) is 5.29. The van der Waals surface area contributed by atoms with Crippen molar-refractivity contribution >= 4 is 33.4 Å². The van der Waals surface area contributed by atoms with E-state index in [1.54, 1.807) is 4.57 Å². The van der Waals surface area contributed by atoms with Gasteiger partial charge in [-0.15, -0.1) is 0 Å². The molecule has 178 valence electrons. The van der Waals surface area contributed by atoms with Crippen LogP contribution >= 0.6 is 0 Å². The monoisotopic (exact) mass is 474 g/mol. The second-order valence-corrected chi connectivity index (χ2v) is 9.20. The first-order valence-electron chi connectivity index (χ1n) is 12.2. The average molecular weight is 475 g/mol. The summed E-state index contributed by atoms with van der Waals surface area (Å²) in [5.74, 6) is 0.634. The van der Waals surface area contributed by atoms with Gasteiger partial charge in [0, 0.05) is 11.9 Å². The summed E-state index contributed by atoms with van der Waals surface area (Å²) in [6.07, 6.45) is 0.624. The zero-order valence-electron chi connectivity index (χ0n) is 20.0. The number of nitrogens with zero attached hydrogens (tertiary/aromatic N) is 3. The molecule has 0 radical (unpaired) electrons. The number of rotatable bonds is 4. The number of benzene rings is 4. The Morgan fingerprint density at radius 2 is 1.61 bits per heavy atom. The van der Waals surface area contributed by atoms with Crippen LogP contribution in [-0.4, -0.2) is 20.5 Å². The van der Waals surface area contributed by atoms with Gasteiger partial charge in [-0.25, -0.2) is 9.78 Å². The molecule has 36 heavy (non-hydrogen) atoms. The fourth-order valence-electron chi connectivity index (χ4n) is 5.29. The predicted octanol–water partition coefficient (Wildman–Crippen LogP) is 6.29. The molecule has 0 spiro atoms. The molecule has 5 aromatic rings. The zero-order valence-corrected chi connectivity index (χ0v) is 20.0. The molecule has 0 saturated heterocycles. The molecule has 1 aliphatic rings. The Morgan fingerprint density at radius 1 is 0.917 bits per heavy atom. The first-order chi connectivity index (χ1) is 17.6. The summed E-state index contributed by atoms with van der Waals surface area (Å²) in [5.41, 5.74) is 2.37. The number of hydrogen-bond donors (Lipinski definition) is 1. The molecule has 1 aromatic heterocycles. The number of hydrogen-bond acceptors (Lipinski definition) is 3. The van der Waals surface area contributed by atoms with Crippen LogP contribution in [-0.2, 0) is 6.54 Å². The molecule has 6 nitrogen and oxygen atoms in total. The van der Waals surface area contributed by atoms with Gasteiger partial charge in [-0.1, -0.05) is 78.9 Å². The minimum Gasteiger partial charge on any atom is -0.308 e. The van der Waals surface area contributed by atoms with Crippen molar-refractivity contribution in [1.29, 1.82) is 0 Å². The van der Waals surface area contributed by atoms with Crippen LogP contribution in [0.15, 0.2) is 102 Å². The van der Waals surface area contributed by atoms with Crippen LogP contribution in [0.1, 0.15) is 36.8 Å². The van der Waals surface area contributed by atoms with Crippen LogP contribution in [0, 0.1) is 0 Å². The maximum absolute atomic E-state index is 14.0. The van der Waals surface area contributed by atoms with E-state index in [0.717, 1.165) is 22.0 Å². The Bertz CT molecular complexity index is 1640. The number of carbonyl (C=O) groups excluding carboxylic acids is 1. The molecular formula is C30H26N4O2. The minimum absolute atomic E-state index is 0.0557. The first kappa shape index (κ1) is 22.0. The summed E-state index contributed by atoms with van der Waals surface area (Å²) in [7, 11) is 0. The highest BCUT2D eigenvalue weighted by molar-refractivity contribution is 6.01. The minimum atomic E-state index is -0.340. The second-order valence-electron chi connectivity index (χ2n) is 9.20. The highest BCUT2D eigenvalue weighted by atomic mass is 16.2. The van der Waals surface area contributed by atoms with Crippen LogP contribution in [0.5, 0.6) is 0 Å². The van der Waals surface area contributed by atoms with Gasteiger partial charge in [-0.3, -0.25) is 9.36 Å². The topological polar surface area (TPSA) is 67.2 Å². The summed E-state index contributed by atoms with van der Waals surface area (Å²) in [6.45, 7) is 2.55. The Labute approximate surface area is 208 Å². The number of para-hydroxylation sites is 1. The van der Waals surface area contributed by atoms with Crippen molar-refractivity contribution < 1.29 is 4.79 Å². The summed E-state index contributed by atoms with van der Waals surface area (Å²) >= 11 is 0. The quantitative estimate of drug-likeness (QED) is 0.333. The van der Waals surface area contributed by atoms with Crippen molar-refractivity contribution in [3.8, 4) is 0 Å². The van der Waals surface area contributed by atoms with Crippen molar-refractivity contribution in [1.82, 2.24) is 14.5 Å². The lowest BCUT2D eigenvalue weighted by atomic mass is 10.0. The highest BCUT2D eigenvalue weighted by Gasteiger charge is 2.37. The van der Waals surface area contributed by atoms with Crippen LogP contribution < -0.4 is 10.9 Å². The number of amides is 2. The van der Waals surface area contributed by atoms with Crippen LogP contribution in [0.2, 0.25) is 0 Å². The largest absolute Gasteiger partial charge is 0.322 e. The van der Waals surface area contributed by atoms with E-state index in [0.29, 0.717) is 29.7 Å². The molecule has 1 N–H and O–H groups in total. The summed E-state index contributed by atoms with van der Waals surface area (Å²) in [6, 6.07) is 30.5. The molecule has 1 aliphatic heterocycles. The lowest BCUT2D eigenvalue weighted by Gasteiger charge is -2.34. The normalized spacial score (nSPS) is 15.5. The number of fused-ring (bicyclic) bond motifs is 3. The Kier molecular flexibility index (Phi) is 5.49. The predicted molar refractivity (Wildman–Crippen MR) is 143 cm³/mol. The van der Waals surface area contributed by atoms with E-state index in [4.69, 9.17) is 4.98 Å². The van der Waals surface area contributed by atoms with Crippen LogP contribution in [0.25, 0.3) is 21.7 Å². The van der Waals surface area contributed by atoms with E-state index in [-0.39, 0.29) is 23.7 Å². The molecule has 6 rings (SSSR count). The van der Waals surface area contributed by atoms with Gasteiger partial charge in [0.1, 0.15) is 5.82 Å². The Hall–Kier alpha value is -4.45. The van der Waals surface area contributed by atoms with Crippen LogP contribution in [0.4, 0.5) is 10.5 Å². The molecule has 0 bridgehead atoms. The molecule has 4 aromatic carbocycles. The van der Waals surface area contributed by atoms with Crippen molar-refractivity contribution in [3.63, 3.8) is 0 Å². The standard InChI is InChI=1S/C30H26N4O2/c1-20(21-10-3-2-4-11-21)34(30(36)32-25-17-9-13-22-12-5-6-14-23(22)25)27-18-19-33-28(27)31-26-16-8-7-15-24(26)29(33)35/h2-17,20,27H,18-19H2,1H3,(H,32,36). The fraction of sp³-hybridized carbons (Fsp3) is 0.167. The van der Waals surface area contributed by atoms with Gasteiger partial charge < -0.3 is 10.2 Å². The van der Waals surface area contributed by atoms with Gasteiger partial charge in [0.15, 0.2) is 0 Å². The van der Waals surface area contributed by atoms with Crippen molar-refractivity contribution in [2.45, 2.75) is 32.0 Å². The first-order valence-corrected chi connectivity index (χ1v) is 12.2. The smallest absolute Gasteiger partial charge is 0.308 e. The maximum atomic E-state index is 14.0. The molecule has 2 amide bonds. The molecule has 0 aliphatic carbocycles. The van der Waals surface area contributed by atoms with Crippen LogP contribution in [0.3, 0.4) is 0 Å². The van der Waals surface area contributed by atoms with Gasteiger partial charge in [0.05, 0.1) is 28.7 Å². The molecule has 2 heterocycles. The zero-order chi connectivity index (χ0) is 24.6. The summed E-state index contributed by atoms with van der Waals surface area (Å²) < 4.78 is 1.73. The molecule has 0 saturated carbocycles. The third kappa shape index (κ3) is 3.71. The van der Waals surface area contributed by atoms with Gasteiger partial charge in [-0.2, -0.15) is 0 Å². The molecule has 6 heteroatoms. The van der Waals surface area contributed by atoms with E-state index < -0.39 is 0 Å². The maximum Gasteiger partial charge on any atom is 0.322 e. The lowest BCUT2D eigenvalue weighted by molar-refractivity contribution is 0.159. The van der Waals surface area contributed by atoms with Crippen molar-refractivity contribution in [3.05, 3.63) is 119 Å². The Morgan fingerprint density at radius 3 is 2.44 bits per heavy atom. The number of aromatic nitrogens is 2. The van der Waals surface area contributed by atoms with E-state index in [1.807, 2.05) is 109 Å². The van der Waals surface area contributed by atoms with E-state index in [9.17, 15) is 9.59 Å². The summed E-state index contributed by atoms with van der Waals surface area (Å²) in [5, 5.41) is 5.81. The SMILES string of the molecule is CC(c1ccccc1)N(C(=O)Nc1cccc2ccccc12)C1CCn2c1nc1ccccc1c2=O. The van der Waals surface area contributed by atoms with E-state index in [1.165, 1.54) is 0 Å². The second kappa shape index (κ2) is 8.96. The third-order valence-corrected chi connectivity index (χ3v) is 7.12. The third-order valence-electron chi connectivity index (χ3n) is 7.12. The molecule has 0 fully saturated rings. The number of carbonyl (C=O) groups is 1. The number of urea groups is 1. The summed E-state index contributed by atoms with van der Waals surface area (Å²) in [4.78, 5) is 34.0. The van der Waals surface area contributed by atoms with Gasteiger partial charge >= 0.3 is 6.03 Å². The van der Waals surface area contributed by atoms with E-state index in [2.05, 4.69) is 5.32 Å². The van der Waals surface area contributed by atoms with E-state index >= 15 is 0 Å². The van der Waals surface area contributed by atoms with Crippen molar-refractivity contribution in [2.24, 2.45) is 0 Å². The average Bonchev–Trinajstić information content (AvgIpc) is 3.33. The molecular weight excluding hydrogens is 448 g/mol. The van der Waals surface area contributed by atoms with Crippen molar-refractivity contribution in [2.75, 3.05) is 5.32 Å². The Balaban J connectivity index is 1.45. The highest BCUT2D eigenvalue weighted by Crippen LogP contribution is 2.37. The molecule has 2 unspecified atom stereocenters. The van der Waals surface area contributed by atoms with Gasteiger partial charge in [-0.05, 0) is 42.5 Å².